The van der Waals surface area contributed by atoms with Gasteiger partial charge in [-0.05, 0) is 12.7 Å². The van der Waals surface area contributed by atoms with Gasteiger partial charge in [0.1, 0.15) is 0 Å². The van der Waals surface area contributed by atoms with Crippen LogP contribution in [0.25, 0.3) is 0 Å². The van der Waals surface area contributed by atoms with Crippen molar-refractivity contribution in [2.24, 2.45) is 0 Å². The Labute approximate surface area is 89.9 Å². The summed E-state index contributed by atoms with van der Waals surface area (Å²) in [6.07, 6.45) is 2.62. The lowest BCUT2D eigenvalue weighted by molar-refractivity contribution is 0.0684. The number of carboxylic acid groups (broad SMARTS) is 1. The summed E-state index contributed by atoms with van der Waals surface area (Å²) in [6, 6.07) is 0. The quantitative estimate of drug-likeness (QED) is 0.597. The van der Waals surface area contributed by atoms with Crippen molar-refractivity contribution in [2.75, 3.05) is 6.26 Å². The number of aryl methyl sites for hydroxylation is 1. The molecule has 0 saturated carbocycles. The van der Waals surface area contributed by atoms with Crippen LogP contribution in [0.4, 0.5) is 0 Å². The Morgan fingerprint density at radius 1 is 1.40 bits per heavy atom. The van der Waals surface area contributed by atoms with Crippen molar-refractivity contribution in [1.82, 2.24) is 9.97 Å². The number of hydrogen-bond acceptors (Lipinski definition) is 5. The van der Waals surface area contributed by atoms with Gasteiger partial charge in [0.25, 0.3) is 0 Å². The van der Waals surface area contributed by atoms with Crippen LogP contribution in [0.1, 0.15) is 33.0 Å². The molecule has 15 heavy (non-hydrogen) atoms. The van der Waals surface area contributed by atoms with Crippen molar-refractivity contribution in [2.45, 2.75) is 18.0 Å². The molecule has 0 unspecified atom stereocenters. The van der Waals surface area contributed by atoms with Crippen LogP contribution in [0.3, 0.4) is 0 Å². The Morgan fingerprint density at radius 2 is 2.13 bits per heavy atom. The molecule has 0 spiro atoms. The van der Waals surface area contributed by atoms with Crippen molar-refractivity contribution in [1.29, 1.82) is 0 Å². The fraction of sp³-hybridized carbons (Fsp3) is 0.333. The summed E-state index contributed by atoms with van der Waals surface area (Å²) < 4.78 is 0. The number of aromatic carboxylic acids is 1. The van der Waals surface area contributed by atoms with E-state index in [0.29, 0.717) is 23.7 Å². The van der Waals surface area contributed by atoms with E-state index in [-0.39, 0.29) is 17.0 Å². The zero-order valence-corrected chi connectivity index (χ0v) is 8.80. The number of ketones is 1. The van der Waals surface area contributed by atoms with Gasteiger partial charge in [-0.25, -0.2) is 14.8 Å². The SMILES string of the molecule is CSc1nc2c(c(C(=O)O)n1)C(=O)CC2. The molecule has 1 aliphatic rings. The molecule has 1 N–H and O–H groups in total. The lowest BCUT2D eigenvalue weighted by Crippen LogP contribution is -2.11. The maximum atomic E-state index is 11.4. The number of hydrogen-bond donors (Lipinski definition) is 1. The van der Waals surface area contributed by atoms with E-state index in [4.69, 9.17) is 5.11 Å². The average molecular weight is 224 g/mol. The first-order valence-electron chi connectivity index (χ1n) is 4.35. The molecule has 78 valence electrons. The van der Waals surface area contributed by atoms with E-state index >= 15 is 0 Å². The van der Waals surface area contributed by atoms with Crippen LogP contribution in [0.2, 0.25) is 0 Å². The highest BCUT2D eigenvalue weighted by Gasteiger charge is 2.29. The van der Waals surface area contributed by atoms with E-state index in [1.54, 1.807) is 6.26 Å². The zero-order chi connectivity index (χ0) is 11.0. The minimum atomic E-state index is -1.17. The van der Waals surface area contributed by atoms with Gasteiger partial charge in [0, 0.05) is 6.42 Å². The molecular weight excluding hydrogens is 216 g/mol. The maximum absolute atomic E-state index is 11.4. The molecule has 1 aromatic heterocycles. The van der Waals surface area contributed by atoms with Crippen molar-refractivity contribution in [3.05, 3.63) is 17.0 Å². The molecule has 0 aromatic carbocycles. The molecule has 0 amide bonds. The summed E-state index contributed by atoms with van der Waals surface area (Å²) in [6.45, 7) is 0. The van der Waals surface area contributed by atoms with Crippen molar-refractivity contribution in [3.8, 4) is 0 Å². The third-order valence-corrected chi connectivity index (χ3v) is 2.76. The third-order valence-electron chi connectivity index (χ3n) is 2.22. The monoisotopic (exact) mass is 224 g/mol. The van der Waals surface area contributed by atoms with Gasteiger partial charge in [-0.1, -0.05) is 11.8 Å². The lowest BCUT2D eigenvalue weighted by atomic mass is 10.1. The Hall–Kier alpha value is -1.43. The molecule has 1 heterocycles. The smallest absolute Gasteiger partial charge is 0.355 e. The summed E-state index contributed by atoms with van der Waals surface area (Å²) >= 11 is 1.27. The second kappa shape index (κ2) is 3.62. The number of thioether (sulfide) groups is 1. The molecular formula is C9H8N2O3S. The van der Waals surface area contributed by atoms with Crippen LogP contribution in [0.5, 0.6) is 0 Å². The highest BCUT2D eigenvalue weighted by Crippen LogP contribution is 2.25. The number of carbonyl (C=O) groups is 2. The lowest BCUT2D eigenvalue weighted by Gasteiger charge is -2.03. The predicted octanol–water partition coefficient (Wildman–Crippen LogP) is 1.03. The summed E-state index contributed by atoms with van der Waals surface area (Å²) in [5.41, 5.74) is 0.601. The maximum Gasteiger partial charge on any atom is 0.355 e. The largest absolute Gasteiger partial charge is 0.476 e. The van der Waals surface area contributed by atoms with E-state index in [2.05, 4.69) is 9.97 Å². The zero-order valence-electron chi connectivity index (χ0n) is 7.98. The van der Waals surface area contributed by atoms with E-state index in [1.165, 1.54) is 11.8 Å². The Bertz CT molecular complexity index is 459. The summed E-state index contributed by atoms with van der Waals surface area (Å²) in [7, 11) is 0. The molecule has 1 aromatic rings. The topological polar surface area (TPSA) is 80.2 Å². The van der Waals surface area contributed by atoms with E-state index in [1.807, 2.05) is 0 Å². The minimum Gasteiger partial charge on any atom is -0.476 e. The van der Waals surface area contributed by atoms with Gasteiger partial charge >= 0.3 is 5.97 Å². The molecule has 6 heteroatoms. The Kier molecular flexibility index (Phi) is 2.44. The molecule has 0 atom stereocenters. The van der Waals surface area contributed by atoms with Gasteiger partial charge in [0.2, 0.25) is 0 Å². The van der Waals surface area contributed by atoms with Gasteiger partial charge in [0.15, 0.2) is 16.6 Å². The molecule has 0 aliphatic heterocycles. The standard InChI is InChI=1S/C9H8N2O3S/c1-15-9-10-4-2-3-5(12)6(4)7(11-9)8(13)14/h2-3H2,1H3,(H,13,14). The summed E-state index contributed by atoms with van der Waals surface area (Å²) in [5, 5.41) is 9.34. The van der Waals surface area contributed by atoms with Crippen LogP contribution >= 0.6 is 11.8 Å². The minimum absolute atomic E-state index is 0.160. The van der Waals surface area contributed by atoms with Crippen molar-refractivity contribution in [3.63, 3.8) is 0 Å². The second-order valence-electron chi connectivity index (χ2n) is 3.11. The molecule has 0 radical (unpaired) electrons. The molecule has 5 nitrogen and oxygen atoms in total. The molecule has 1 aliphatic carbocycles. The van der Waals surface area contributed by atoms with Crippen LogP contribution in [0, 0.1) is 0 Å². The van der Waals surface area contributed by atoms with Gasteiger partial charge in [-0.2, -0.15) is 0 Å². The fourth-order valence-corrected chi connectivity index (χ4v) is 1.95. The predicted molar refractivity (Wildman–Crippen MR) is 53.4 cm³/mol. The molecule has 0 bridgehead atoms. The van der Waals surface area contributed by atoms with E-state index in [0.717, 1.165) is 0 Å². The van der Waals surface area contributed by atoms with Gasteiger partial charge in [-0.15, -0.1) is 0 Å². The number of Topliss-reactive ketones (excluding diaryl/α,β-unsaturated/α-hetero) is 1. The van der Waals surface area contributed by atoms with Gasteiger partial charge in [-0.3, -0.25) is 4.79 Å². The molecule has 0 saturated heterocycles. The number of carbonyl (C=O) groups excluding carboxylic acids is 1. The Balaban J connectivity index is 2.66. The number of fused-ring (bicyclic) bond motifs is 1. The van der Waals surface area contributed by atoms with Crippen LogP contribution in [0.15, 0.2) is 5.16 Å². The average Bonchev–Trinajstić information content (AvgIpc) is 2.59. The van der Waals surface area contributed by atoms with Crippen LogP contribution in [-0.2, 0) is 6.42 Å². The van der Waals surface area contributed by atoms with Crippen LogP contribution < -0.4 is 0 Å². The van der Waals surface area contributed by atoms with E-state index in [9.17, 15) is 9.59 Å². The molecule has 0 fully saturated rings. The number of nitrogens with zero attached hydrogens (tertiary/aromatic N) is 2. The first-order valence-corrected chi connectivity index (χ1v) is 5.57. The normalized spacial score (nSPS) is 14.1. The van der Waals surface area contributed by atoms with Crippen molar-refractivity contribution < 1.29 is 14.7 Å². The summed E-state index contributed by atoms with van der Waals surface area (Å²) in [5.74, 6) is -1.34. The third kappa shape index (κ3) is 1.61. The van der Waals surface area contributed by atoms with Gasteiger partial charge < -0.3 is 5.11 Å². The fourth-order valence-electron chi connectivity index (χ4n) is 1.56. The Morgan fingerprint density at radius 3 is 2.73 bits per heavy atom. The second-order valence-corrected chi connectivity index (χ2v) is 3.88. The first kappa shape index (κ1) is 10.1. The number of rotatable bonds is 2. The number of carboxylic acids is 1. The first-order chi connectivity index (χ1) is 7.13. The van der Waals surface area contributed by atoms with Gasteiger partial charge in [0.05, 0.1) is 11.3 Å². The molecule has 2 rings (SSSR count). The highest BCUT2D eigenvalue weighted by molar-refractivity contribution is 7.98. The highest BCUT2D eigenvalue weighted by atomic mass is 32.2. The summed E-state index contributed by atoms with van der Waals surface area (Å²) in [4.78, 5) is 30.3. The van der Waals surface area contributed by atoms with Crippen molar-refractivity contribution >= 4 is 23.5 Å². The number of aromatic nitrogens is 2. The van der Waals surface area contributed by atoms with Crippen LogP contribution in [-0.4, -0.2) is 33.1 Å². The van der Waals surface area contributed by atoms with E-state index < -0.39 is 5.97 Å².